The number of rotatable bonds is 4. The smallest absolute Gasteiger partial charge is 0.317 e. The molecule has 1 aromatic rings. The lowest BCUT2D eigenvalue weighted by Gasteiger charge is -2.29. The number of amides is 2. The molecule has 0 saturated heterocycles. The van der Waals surface area contributed by atoms with E-state index in [4.69, 9.17) is 5.11 Å². The van der Waals surface area contributed by atoms with Crippen LogP contribution in [0.2, 0.25) is 0 Å². The molecule has 2 N–H and O–H groups in total. The largest absolute Gasteiger partial charge is 0.395 e. The number of aliphatic hydroxyl groups is 1. The van der Waals surface area contributed by atoms with Gasteiger partial charge in [-0.25, -0.2) is 9.18 Å². The molecule has 0 aliphatic heterocycles. The van der Waals surface area contributed by atoms with Crippen molar-refractivity contribution >= 4 is 6.03 Å². The molecule has 0 heterocycles. The second-order valence-electron chi connectivity index (χ2n) is 4.71. The van der Waals surface area contributed by atoms with Gasteiger partial charge in [0, 0.05) is 13.6 Å². The Labute approximate surface area is 106 Å². The van der Waals surface area contributed by atoms with Crippen LogP contribution in [0.3, 0.4) is 0 Å². The first-order chi connectivity index (χ1) is 8.36. The minimum absolute atomic E-state index is 0.0929. The van der Waals surface area contributed by atoms with E-state index in [0.29, 0.717) is 5.56 Å². The third-order valence-electron chi connectivity index (χ3n) is 2.75. The Morgan fingerprint density at radius 3 is 2.72 bits per heavy atom. The zero-order chi connectivity index (χ0) is 13.8. The number of urea groups is 1. The lowest BCUT2D eigenvalue weighted by Crippen LogP contribution is -2.47. The van der Waals surface area contributed by atoms with Crippen LogP contribution in [-0.2, 0) is 5.54 Å². The van der Waals surface area contributed by atoms with Crippen molar-refractivity contribution in [2.45, 2.75) is 19.4 Å². The number of benzene rings is 1. The second-order valence-corrected chi connectivity index (χ2v) is 4.71. The lowest BCUT2D eigenvalue weighted by atomic mass is 9.94. The predicted octanol–water partition coefficient (Wildman–Crippen LogP) is 1.69. The van der Waals surface area contributed by atoms with Crippen LogP contribution in [-0.4, -0.2) is 36.2 Å². The van der Waals surface area contributed by atoms with Gasteiger partial charge in [-0.2, -0.15) is 0 Å². The van der Waals surface area contributed by atoms with Gasteiger partial charge in [-0.15, -0.1) is 0 Å². The van der Waals surface area contributed by atoms with Gasteiger partial charge < -0.3 is 15.3 Å². The number of carbonyl (C=O) groups is 1. The molecule has 0 saturated carbocycles. The van der Waals surface area contributed by atoms with Gasteiger partial charge >= 0.3 is 6.03 Å². The summed E-state index contributed by atoms with van der Waals surface area (Å²) in [5.41, 5.74) is 0.0105. The molecule has 0 fully saturated rings. The van der Waals surface area contributed by atoms with Crippen molar-refractivity contribution in [3.63, 3.8) is 0 Å². The van der Waals surface area contributed by atoms with Crippen molar-refractivity contribution in [3.8, 4) is 0 Å². The molecule has 0 spiro atoms. The fourth-order valence-corrected chi connectivity index (χ4v) is 1.56. The van der Waals surface area contributed by atoms with Gasteiger partial charge in [-0.05, 0) is 31.5 Å². The summed E-state index contributed by atoms with van der Waals surface area (Å²) < 4.78 is 13.2. The summed E-state index contributed by atoms with van der Waals surface area (Å²) in [6.07, 6.45) is 0. The first-order valence-electron chi connectivity index (χ1n) is 5.77. The average molecular weight is 254 g/mol. The third-order valence-corrected chi connectivity index (χ3v) is 2.75. The molecule has 0 unspecified atom stereocenters. The number of hydrogen-bond donors (Lipinski definition) is 2. The van der Waals surface area contributed by atoms with Crippen LogP contribution in [0.5, 0.6) is 0 Å². The molecule has 1 aromatic carbocycles. The summed E-state index contributed by atoms with van der Waals surface area (Å²) in [7, 11) is 1.59. The number of carbonyl (C=O) groups excluding carboxylic acids is 1. The minimum atomic E-state index is -0.678. The van der Waals surface area contributed by atoms with E-state index in [0.717, 1.165) is 0 Å². The maximum Gasteiger partial charge on any atom is 0.317 e. The predicted molar refractivity (Wildman–Crippen MR) is 67.7 cm³/mol. The number of likely N-dealkylation sites (N-methyl/N-ethyl adjacent to an activating group) is 1. The fourth-order valence-electron chi connectivity index (χ4n) is 1.56. The van der Waals surface area contributed by atoms with Crippen LogP contribution >= 0.6 is 0 Å². The maximum atomic E-state index is 13.2. The highest BCUT2D eigenvalue weighted by molar-refractivity contribution is 5.74. The van der Waals surface area contributed by atoms with E-state index in [9.17, 15) is 9.18 Å². The molecule has 1 rings (SSSR count). The SMILES string of the molecule is CN(CCO)C(=O)NC(C)(C)c1cccc(F)c1. The van der Waals surface area contributed by atoms with E-state index in [1.807, 2.05) is 0 Å². The van der Waals surface area contributed by atoms with Gasteiger partial charge in [0.15, 0.2) is 0 Å². The highest BCUT2D eigenvalue weighted by Gasteiger charge is 2.24. The van der Waals surface area contributed by atoms with Crippen molar-refractivity contribution in [1.29, 1.82) is 0 Å². The molecule has 0 radical (unpaired) electrons. The standard InChI is InChI=1S/C13H19FN2O2/c1-13(2,10-5-4-6-11(14)9-10)15-12(18)16(3)7-8-17/h4-6,9,17H,7-8H2,1-3H3,(H,15,18). The molecule has 0 bridgehead atoms. The van der Waals surface area contributed by atoms with E-state index < -0.39 is 5.54 Å². The molecular weight excluding hydrogens is 235 g/mol. The molecule has 4 nitrogen and oxygen atoms in total. The van der Waals surface area contributed by atoms with Crippen molar-refractivity contribution < 1.29 is 14.3 Å². The molecule has 0 aliphatic rings. The Hall–Kier alpha value is -1.62. The first kappa shape index (κ1) is 14.4. The molecule has 0 aliphatic carbocycles. The average Bonchev–Trinajstić information content (AvgIpc) is 2.28. The minimum Gasteiger partial charge on any atom is -0.395 e. The van der Waals surface area contributed by atoms with Gasteiger partial charge in [0.25, 0.3) is 0 Å². The van der Waals surface area contributed by atoms with Gasteiger partial charge in [0.1, 0.15) is 5.82 Å². The van der Waals surface area contributed by atoms with Crippen LogP contribution in [0.15, 0.2) is 24.3 Å². The highest BCUT2D eigenvalue weighted by Crippen LogP contribution is 2.20. The highest BCUT2D eigenvalue weighted by atomic mass is 19.1. The maximum absolute atomic E-state index is 13.2. The quantitative estimate of drug-likeness (QED) is 0.859. The van der Waals surface area contributed by atoms with Crippen LogP contribution < -0.4 is 5.32 Å². The molecule has 0 aromatic heterocycles. The topological polar surface area (TPSA) is 52.6 Å². The number of nitrogens with zero attached hydrogens (tertiary/aromatic N) is 1. The van der Waals surface area contributed by atoms with E-state index >= 15 is 0 Å². The van der Waals surface area contributed by atoms with Crippen LogP contribution in [0.25, 0.3) is 0 Å². The van der Waals surface area contributed by atoms with Gasteiger partial charge in [0.05, 0.1) is 12.1 Å². The third kappa shape index (κ3) is 3.70. The second kappa shape index (κ2) is 5.82. The van der Waals surface area contributed by atoms with E-state index in [1.54, 1.807) is 33.0 Å². The number of aliphatic hydroxyl groups excluding tert-OH is 1. The molecule has 100 valence electrons. The molecule has 0 atom stereocenters. The molecule has 5 heteroatoms. The van der Waals surface area contributed by atoms with Crippen molar-refractivity contribution in [2.75, 3.05) is 20.2 Å². The number of nitrogens with one attached hydrogen (secondary N) is 1. The number of halogens is 1. The molecular formula is C13H19FN2O2. The molecule has 2 amide bonds. The Morgan fingerprint density at radius 2 is 2.17 bits per heavy atom. The molecule has 18 heavy (non-hydrogen) atoms. The zero-order valence-electron chi connectivity index (χ0n) is 10.9. The van der Waals surface area contributed by atoms with Gasteiger partial charge in [-0.3, -0.25) is 0 Å². The van der Waals surface area contributed by atoms with E-state index in [-0.39, 0.29) is 25.0 Å². The summed E-state index contributed by atoms with van der Waals surface area (Å²) >= 11 is 0. The Balaban J connectivity index is 2.78. The first-order valence-corrected chi connectivity index (χ1v) is 5.77. The summed E-state index contributed by atoms with van der Waals surface area (Å²) in [4.78, 5) is 13.2. The van der Waals surface area contributed by atoms with Crippen molar-refractivity contribution in [2.24, 2.45) is 0 Å². The van der Waals surface area contributed by atoms with E-state index in [2.05, 4.69) is 5.32 Å². The zero-order valence-corrected chi connectivity index (χ0v) is 10.9. The fraction of sp³-hybridized carbons (Fsp3) is 0.462. The van der Waals surface area contributed by atoms with Gasteiger partial charge in [0.2, 0.25) is 0 Å². The summed E-state index contributed by atoms with van der Waals surface area (Å²) in [6.45, 7) is 3.76. The van der Waals surface area contributed by atoms with Crippen LogP contribution in [0.1, 0.15) is 19.4 Å². The summed E-state index contributed by atoms with van der Waals surface area (Å²) in [6, 6.07) is 5.81. The van der Waals surface area contributed by atoms with Crippen LogP contribution in [0, 0.1) is 5.82 Å². The Kier molecular flexibility index (Phi) is 4.67. The normalized spacial score (nSPS) is 11.2. The number of hydrogen-bond acceptors (Lipinski definition) is 2. The summed E-state index contributed by atoms with van der Waals surface area (Å²) in [5.74, 6) is -0.335. The Morgan fingerprint density at radius 1 is 1.50 bits per heavy atom. The van der Waals surface area contributed by atoms with Crippen LogP contribution in [0.4, 0.5) is 9.18 Å². The van der Waals surface area contributed by atoms with Gasteiger partial charge in [-0.1, -0.05) is 12.1 Å². The van der Waals surface area contributed by atoms with Crippen molar-refractivity contribution in [1.82, 2.24) is 10.2 Å². The Bertz CT molecular complexity index is 421. The monoisotopic (exact) mass is 254 g/mol. The summed E-state index contributed by atoms with van der Waals surface area (Å²) in [5, 5.41) is 11.6. The lowest BCUT2D eigenvalue weighted by molar-refractivity contribution is 0.181. The van der Waals surface area contributed by atoms with E-state index in [1.165, 1.54) is 17.0 Å². The van der Waals surface area contributed by atoms with Crippen molar-refractivity contribution in [3.05, 3.63) is 35.6 Å².